The Labute approximate surface area is 173 Å². The Kier molecular flexibility index (Phi) is 4.64. The van der Waals surface area contributed by atoms with E-state index in [1.807, 2.05) is 0 Å². The molecule has 1 aromatic carbocycles. The molecule has 1 saturated carbocycles. The summed E-state index contributed by atoms with van der Waals surface area (Å²) >= 11 is 6.10. The standard InChI is InChI=1S/C19H19ClN4O4S/c1-19(2)15(10-4-7-14(22-9-10)29(21,25)26)16(19)18-23-17(24-28-18)12-8-11(20)5-6-13(12)27-3/h4-9,15-16H,1-3H3,(H2,21,25,26)/t15-,16+/m0/s1. The van der Waals surface area contributed by atoms with E-state index in [9.17, 15) is 8.42 Å². The Balaban J connectivity index is 1.64. The van der Waals surface area contributed by atoms with Crippen molar-refractivity contribution in [2.75, 3.05) is 7.11 Å². The minimum absolute atomic E-state index is 0.0314. The first kappa shape index (κ1) is 19.8. The van der Waals surface area contributed by atoms with Gasteiger partial charge in [-0.05, 0) is 35.2 Å². The van der Waals surface area contributed by atoms with Crippen molar-refractivity contribution < 1.29 is 17.7 Å². The second-order valence-electron chi connectivity index (χ2n) is 7.55. The molecule has 0 amide bonds. The van der Waals surface area contributed by atoms with Gasteiger partial charge in [-0.1, -0.05) is 36.7 Å². The number of methoxy groups -OCH3 is 1. The molecule has 1 aliphatic rings. The van der Waals surface area contributed by atoms with Crippen molar-refractivity contribution in [3.8, 4) is 17.1 Å². The van der Waals surface area contributed by atoms with Crippen LogP contribution in [0.5, 0.6) is 5.75 Å². The summed E-state index contributed by atoms with van der Waals surface area (Å²) < 4.78 is 33.8. The summed E-state index contributed by atoms with van der Waals surface area (Å²) in [4.78, 5) is 8.55. The normalized spacial score (nSPS) is 20.4. The van der Waals surface area contributed by atoms with Crippen LogP contribution in [0.1, 0.15) is 37.1 Å². The zero-order valence-corrected chi connectivity index (χ0v) is 17.5. The number of sulfonamides is 1. The van der Waals surface area contributed by atoms with E-state index in [4.69, 9.17) is 26.0 Å². The molecule has 1 fully saturated rings. The molecule has 0 radical (unpaired) electrons. The third-order valence-electron chi connectivity index (χ3n) is 5.35. The molecular formula is C19H19ClN4O4S. The van der Waals surface area contributed by atoms with Crippen molar-refractivity contribution in [1.82, 2.24) is 15.1 Å². The Morgan fingerprint density at radius 1 is 1.21 bits per heavy atom. The second kappa shape index (κ2) is 6.79. The molecule has 1 aliphatic carbocycles. The third-order valence-corrected chi connectivity index (χ3v) is 6.41. The molecule has 0 saturated heterocycles. The number of halogens is 1. The largest absolute Gasteiger partial charge is 0.496 e. The van der Waals surface area contributed by atoms with Crippen LogP contribution in [0.15, 0.2) is 46.1 Å². The highest BCUT2D eigenvalue weighted by Crippen LogP contribution is 2.69. The fourth-order valence-electron chi connectivity index (χ4n) is 3.79. The summed E-state index contributed by atoms with van der Waals surface area (Å²) in [5.74, 6) is 1.50. The Hall–Kier alpha value is -2.49. The number of aromatic nitrogens is 3. The molecule has 0 aliphatic heterocycles. The van der Waals surface area contributed by atoms with E-state index in [1.165, 1.54) is 12.3 Å². The van der Waals surface area contributed by atoms with Crippen molar-refractivity contribution >= 4 is 21.6 Å². The van der Waals surface area contributed by atoms with Gasteiger partial charge in [-0.15, -0.1) is 0 Å². The zero-order chi connectivity index (χ0) is 21.0. The highest BCUT2D eigenvalue weighted by molar-refractivity contribution is 7.89. The molecule has 152 valence electrons. The van der Waals surface area contributed by atoms with Gasteiger partial charge in [0.25, 0.3) is 10.0 Å². The van der Waals surface area contributed by atoms with Crippen LogP contribution < -0.4 is 9.88 Å². The number of ether oxygens (including phenoxy) is 1. The van der Waals surface area contributed by atoms with Crippen molar-refractivity contribution in [3.63, 3.8) is 0 Å². The number of nitrogens with zero attached hydrogens (tertiary/aromatic N) is 3. The molecule has 0 bridgehead atoms. The number of hydrogen-bond acceptors (Lipinski definition) is 7. The highest BCUT2D eigenvalue weighted by Gasteiger charge is 2.62. The zero-order valence-electron chi connectivity index (χ0n) is 16.0. The lowest BCUT2D eigenvalue weighted by molar-refractivity contribution is 0.367. The predicted molar refractivity (Wildman–Crippen MR) is 106 cm³/mol. The predicted octanol–water partition coefficient (Wildman–Crippen LogP) is 3.35. The molecular weight excluding hydrogens is 416 g/mol. The van der Waals surface area contributed by atoms with Crippen molar-refractivity contribution in [2.24, 2.45) is 10.6 Å². The molecule has 4 rings (SSSR count). The van der Waals surface area contributed by atoms with Crippen LogP contribution >= 0.6 is 11.6 Å². The van der Waals surface area contributed by atoms with Crippen LogP contribution in [0.25, 0.3) is 11.4 Å². The Morgan fingerprint density at radius 2 is 1.97 bits per heavy atom. The third kappa shape index (κ3) is 3.50. The fourth-order valence-corrected chi connectivity index (χ4v) is 4.42. The maximum atomic E-state index is 11.4. The van der Waals surface area contributed by atoms with E-state index in [-0.39, 0.29) is 22.3 Å². The molecule has 0 spiro atoms. The van der Waals surface area contributed by atoms with Crippen molar-refractivity contribution in [1.29, 1.82) is 0 Å². The summed E-state index contributed by atoms with van der Waals surface area (Å²) in [5, 5.41) is 9.60. The van der Waals surface area contributed by atoms with Crippen molar-refractivity contribution in [2.45, 2.75) is 30.7 Å². The Morgan fingerprint density at radius 3 is 2.59 bits per heavy atom. The van der Waals surface area contributed by atoms with Crippen LogP contribution in [0.3, 0.4) is 0 Å². The summed E-state index contributed by atoms with van der Waals surface area (Å²) in [6.45, 7) is 4.17. The lowest BCUT2D eigenvalue weighted by Crippen LogP contribution is -2.13. The van der Waals surface area contributed by atoms with Gasteiger partial charge in [-0.3, -0.25) is 0 Å². The summed E-state index contributed by atoms with van der Waals surface area (Å²) in [5.41, 5.74) is 1.36. The van der Waals surface area contributed by atoms with Crippen LogP contribution in [-0.4, -0.2) is 30.7 Å². The monoisotopic (exact) mass is 434 g/mol. The van der Waals surface area contributed by atoms with Gasteiger partial charge >= 0.3 is 0 Å². The number of hydrogen-bond donors (Lipinski definition) is 1. The van der Waals surface area contributed by atoms with Gasteiger partial charge in [0.2, 0.25) is 11.7 Å². The number of rotatable bonds is 5. The molecule has 8 nitrogen and oxygen atoms in total. The Bertz CT molecular complexity index is 1180. The molecule has 2 aromatic heterocycles. The molecule has 3 aromatic rings. The van der Waals surface area contributed by atoms with Crippen LogP contribution in [-0.2, 0) is 10.0 Å². The van der Waals surface area contributed by atoms with E-state index in [2.05, 4.69) is 29.0 Å². The minimum Gasteiger partial charge on any atom is -0.496 e. The molecule has 10 heteroatoms. The summed E-state index contributed by atoms with van der Waals surface area (Å²) in [7, 11) is -2.27. The maximum Gasteiger partial charge on any atom is 0.255 e. The van der Waals surface area contributed by atoms with Gasteiger partial charge in [-0.2, -0.15) is 4.98 Å². The number of pyridine rings is 1. The van der Waals surface area contributed by atoms with Gasteiger partial charge in [-0.25, -0.2) is 18.5 Å². The lowest BCUT2D eigenvalue weighted by Gasteiger charge is -2.04. The lowest BCUT2D eigenvalue weighted by atomic mass is 10.1. The van der Waals surface area contributed by atoms with E-state index in [0.29, 0.717) is 28.1 Å². The first-order valence-electron chi connectivity index (χ1n) is 8.79. The van der Waals surface area contributed by atoms with Gasteiger partial charge in [0, 0.05) is 17.1 Å². The van der Waals surface area contributed by atoms with E-state index < -0.39 is 10.0 Å². The average Bonchev–Trinajstić information content (AvgIpc) is 3.01. The number of benzene rings is 1. The van der Waals surface area contributed by atoms with E-state index in [0.717, 1.165) is 5.56 Å². The van der Waals surface area contributed by atoms with Crippen LogP contribution in [0.4, 0.5) is 0 Å². The molecule has 2 atom stereocenters. The summed E-state index contributed by atoms with van der Waals surface area (Å²) in [6.07, 6.45) is 1.53. The van der Waals surface area contributed by atoms with Crippen LogP contribution in [0, 0.1) is 5.41 Å². The SMILES string of the molecule is COc1ccc(Cl)cc1-c1noc([C@H]2[C@H](c3ccc(S(N)(=O)=O)nc3)C2(C)C)n1. The highest BCUT2D eigenvalue weighted by atomic mass is 35.5. The number of primary sulfonamides is 1. The molecule has 2 N–H and O–H groups in total. The average molecular weight is 435 g/mol. The van der Waals surface area contributed by atoms with Gasteiger partial charge in [0.1, 0.15) is 5.75 Å². The van der Waals surface area contributed by atoms with Gasteiger partial charge in [0.05, 0.1) is 18.6 Å². The maximum absolute atomic E-state index is 11.4. The second-order valence-corrected chi connectivity index (χ2v) is 9.50. The topological polar surface area (TPSA) is 121 Å². The van der Waals surface area contributed by atoms with Crippen LogP contribution in [0.2, 0.25) is 5.02 Å². The van der Waals surface area contributed by atoms with E-state index in [1.54, 1.807) is 31.4 Å². The molecule has 29 heavy (non-hydrogen) atoms. The van der Waals surface area contributed by atoms with E-state index >= 15 is 0 Å². The number of nitrogens with two attached hydrogens (primary N) is 1. The van der Waals surface area contributed by atoms with Crippen molar-refractivity contribution in [3.05, 3.63) is 53.0 Å². The minimum atomic E-state index is -3.83. The fraction of sp³-hybridized carbons (Fsp3) is 0.316. The quantitative estimate of drug-likeness (QED) is 0.653. The first-order valence-corrected chi connectivity index (χ1v) is 10.7. The smallest absolute Gasteiger partial charge is 0.255 e. The molecule has 0 unspecified atom stereocenters. The van der Waals surface area contributed by atoms with Gasteiger partial charge in [0.15, 0.2) is 5.03 Å². The van der Waals surface area contributed by atoms with Gasteiger partial charge < -0.3 is 9.26 Å². The first-order chi connectivity index (χ1) is 13.6. The summed E-state index contributed by atoms with van der Waals surface area (Å²) in [6, 6.07) is 8.32. The molecule has 2 heterocycles.